The van der Waals surface area contributed by atoms with Crippen LogP contribution in [0.5, 0.6) is 0 Å². The highest BCUT2D eigenvalue weighted by molar-refractivity contribution is 5.30. The number of rotatable bonds is 4. The van der Waals surface area contributed by atoms with Gasteiger partial charge in [0.2, 0.25) is 5.95 Å². The molecule has 5 heteroatoms. The molecule has 0 unspecified atom stereocenters. The molecule has 1 aliphatic rings. The molecule has 2 aromatic heterocycles. The normalized spacial score (nSPS) is 15.3. The monoisotopic (exact) mass is 218 g/mol. The van der Waals surface area contributed by atoms with E-state index in [2.05, 4.69) is 20.0 Å². The number of hydrogen-bond donors (Lipinski definition) is 1. The molecule has 2 heterocycles. The van der Waals surface area contributed by atoms with Gasteiger partial charge in [-0.2, -0.15) is 0 Å². The van der Waals surface area contributed by atoms with Crippen LogP contribution in [0.3, 0.4) is 0 Å². The van der Waals surface area contributed by atoms with Gasteiger partial charge in [0, 0.05) is 24.5 Å². The van der Waals surface area contributed by atoms with Crippen LogP contribution in [0.25, 0.3) is 0 Å². The van der Waals surface area contributed by atoms with Gasteiger partial charge in [-0.25, -0.2) is 4.98 Å². The van der Waals surface area contributed by atoms with Crippen LogP contribution < -0.4 is 5.32 Å². The van der Waals surface area contributed by atoms with Crippen LogP contribution in [-0.4, -0.2) is 20.7 Å². The third-order valence-electron chi connectivity index (χ3n) is 2.64. The van der Waals surface area contributed by atoms with E-state index in [1.807, 2.05) is 19.2 Å². The Balaban J connectivity index is 1.75. The van der Waals surface area contributed by atoms with Crippen LogP contribution in [0.4, 0.5) is 5.95 Å². The topological polar surface area (TPSA) is 55.9 Å². The molecule has 2 aromatic rings. The molecule has 1 saturated carbocycles. The highest BCUT2D eigenvalue weighted by Gasteiger charge is 2.22. The predicted molar refractivity (Wildman–Crippen MR) is 59.2 cm³/mol. The Kier molecular flexibility index (Phi) is 2.16. The van der Waals surface area contributed by atoms with E-state index in [9.17, 15) is 0 Å². The average molecular weight is 218 g/mol. The van der Waals surface area contributed by atoms with Crippen molar-refractivity contribution in [1.29, 1.82) is 0 Å². The minimum absolute atomic E-state index is 0.611. The Bertz CT molecular complexity index is 484. The summed E-state index contributed by atoms with van der Waals surface area (Å²) in [5.74, 6) is 1.76. The molecule has 0 saturated heterocycles. The van der Waals surface area contributed by atoms with Crippen molar-refractivity contribution < 1.29 is 4.52 Å². The van der Waals surface area contributed by atoms with Crippen molar-refractivity contribution in [3.63, 3.8) is 0 Å². The molecule has 1 N–H and O–H groups in total. The Morgan fingerprint density at radius 3 is 3.12 bits per heavy atom. The van der Waals surface area contributed by atoms with Crippen molar-refractivity contribution in [2.45, 2.75) is 32.4 Å². The molecule has 1 fully saturated rings. The molecule has 5 nitrogen and oxygen atoms in total. The highest BCUT2D eigenvalue weighted by Crippen LogP contribution is 2.24. The summed E-state index contributed by atoms with van der Waals surface area (Å²) < 4.78 is 7.09. The zero-order chi connectivity index (χ0) is 11.0. The fraction of sp³-hybridized carbons (Fsp3) is 0.455. The molecule has 0 spiro atoms. The molecule has 3 rings (SSSR count). The summed E-state index contributed by atoms with van der Waals surface area (Å²) >= 11 is 0. The lowest BCUT2D eigenvalue weighted by Crippen LogP contribution is -2.09. The van der Waals surface area contributed by atoms with Gasteiger partial charge in [0.15, 0.2) is 0 Å². The molecule has 0 amide bonds. The van der Waals surface area contributed by atoms with Gasteiger partial charge in [-0.1, -0.05) is 5.16 Å². The van der Waals surface area contributed by atoms with Crippen LogP contribution in [-0.2, 0) is 6.54 Å². The number of aromatic nitrogens is 3. The fourth-order valence-electron chi connectivity index (χ4n) is 1.65. The maximum atomic E-state index is 5.04. The molecule has 0 bridgehead atoms. The maximum Gasteiger partial charge on any atom is 0.203 e. The van der Waals surface area contributed by atoms with E-state index in [1.165, 1.54) is 12.8 Å². The number of anilines is 1. The molecule has 0 radical (unpaired) electrons. The van der Waals surface area contributed by atoms with Crippen molar-refractivity contribution in [3.05, 3.63) is 29.9 Å². The Morgan fingerprint density at radius 2 is 2.44 bits per heavy atom. The van der Waals surface area contributed by atoms with Crippen LogP contribution in [0, 0.1) is 6.92 Å². The molecule has 0 atom stereocenters. The van der Waals surface area contributed by atoms with E-state index in [0.717, 1.165) is 17.4 Å². The fourth-order valence-corrected chi connectivity index (χ4v) is 1.65. The lowest BCUT2D eigenvalue weighted by molar-refractivity contribution is 0.389. The summed E-state index contributed by atoms with van der Waals surface area (Å²) in [4.78, 5) is 4.29. The van der Waals surface area contributed by atoms with Crippen LogP contribution >= 0.6 is 0 Å². The zero-order valence-electron chi connectivity index (χ0n) is 9.18. The predicted octanol–water partition coefficient (Wildman–Crippen LogP) is 1.80. The van der Waals surface area contributed by atoms with Gasteiger partial charge in [-0.05, 0) is 19.8 Å². The summed E-state index contributed by atoms with van der Waals surface area (Å²) in [5.41, 5.74) is 0.925. The molecule has 84 valence electrons. The van der Waals surface area contributed by atoms with E-state index >= 15 is 0 Å². The second kappa shape index (κ2) is 3.66. The standard InChI is InChI=1S/C11H14N4O/c1-8-6-10(14-16-8)7-15-5-4-12-11(15)13-9-2-3-9/h4-6,9H,2-3,7H2,1H3,(H,12,13). The number of hydrogen-bond acceptors (Lipinski definition) is 4. The first-order valence-corrected chi connectivity index (χ1v) is 5.51. The molecular formula is C11H14N4O. The van der Waals surface area contributed by atoms with Crippen molar-refractivity contribution in [1.82, 2.24) is 14.7 Å². The number of aryl methyl sites for hydroxylation is 1. The lowest BCUT2D eigenvalue weighted by atomic mass is 10.4. The number of nitrogens with one attached hydrogen (secondary N) is 1. The van der Waals surface area contributed by atoms with Crippen LogP contribution in [0.1, 0.15) is 24.3 Å². The quantitative estimate of drug-likeness (QED) is 0.850. The molecule has 0 aromatic carbocycles. The Labute approximate surface area is 93.5 Å². The molecular weight excluding hydrogens is 204 g/mol. The first-order chi connectivity index (χ1) is 7.81. The number of nitrogens with zero attached hydrogens (tertiary/aromatic N) is 3. The van der Waals surface area contributed by atoms with Gasteiger partial charge in [0.25, 0.3) is 0 Å². The van der Waals surface area contributed by atoms with Crippen LogP contribution in [0.15, 0.2) is 23.0 Å². The summed E-state index contributed by atoms with van der Waals surface area (Å²) in [6.07, 6.45) is 6.25. The first kappa shape index (κ1) is 9.45. The van der Waals surface area contributed by atoms with Gasteiger partial charge in [0.05, 0.1) is 6.54 Å². The summed E-state index contributed by atoms with van der Waals surface area (Å²) in [5, 5.41) is 7.36. The second-order valence-corrected chi connectivity index (χ2v) is 4.23. The SMILES string of the molecule is Cc1cc(Cn2ccnc2NC2CC2)no1. The highest BCUT2D eigenvalue weighted by atomic mass is 16.5. The molecule has 16 heavy (non-hydrogen) atoms. The van der Waals surface area contributed by atoms with Gasteiger partial charge in [0.1, 0.15) is 11.5 Å². The van der Waals surface area contributed by atoms with Gasteiger partial charge in [-0.15, -0.1) is 0 Å². The first-order valence-electron chi connectivity index (χ1n) is 5.51. The lowest BCUT2D eigenvalue weighted by Gasteiger charge is -2.06. The van der Waals surface area contributed by atoms with Crippen molar-refractivity contribution in [2.75, 3.05) is 5.32 Å². The van der Waals surface area contributed by atoms with E-state index in [1.54, 1.807) is 6.20 Å². The van der Waals surface area contributed by atoms with E-state index in [-0.39, 0.29) is 0 Å². The van der Waals surface area contributed by atoms with Crippen molar-refractivity contribution in [3.8, 4) is 0 Å². The molecule has 1 aliphatic carbocycles. The van der Waals surface area contributed by atoms with Gasteiger partial charge >= 0.3 is 0 Å². The largest absolute Gasteiger partial charge is 0.361 e. The summed E-state index contributed by atoms with van der Waals surface area (Å²) in [6.45, 7) is 2.60. The van der Waals surface area contributed by atoms with E-state index < -0.39 is 0 Å². The Hall–Kier alpha value is -1.78. The van der Waals surface area contributed by atoms with Gasteiger partial charge < -0.3 is 14.4 Å². The number of imidazole rings is 1. The minimum Gasteiger partial charge on any atom is -0.361 e. The average Bonchev–Trinajstić information content (AvgIpc) is 2.82. The third kappa shape index (κ3) is 1.93. The van der Waals surface area contributed by atoms with Crippen molar-refractivity contribution in [2.24, 2.45) is 0 Å². The minimum atomic E-state index is 0.611. The second-order valence-electron chi connectivity index (χ2n) is 4.23. The van der Waals surface area contributed by atoms with Gasteiger partial charge in [-0.3, -0.25) is 0 Å². The summed E-state index contributed by atoms with van der Waals surface area (Å²) in [6, 6.07) is 2.56. The smallest absolute Gasteiger partial charge is 0.203 e. The van der Waals surface area contributed by atoms with Crippen molar-refractivity contribution >= 4 is 5.95 Å². The summed E-state index contributed by atoms with van der Waals surface area (Å²) in [7, 11) is 0. The molecule has 0 aliphatic heterocycles. The zero-order valence-corrected chi connectivity index (χ0v) is 9.18. The third-order valence-corrected chi connectivity index (χ3v) is 2.64. The van der Waals surface area contributed by atoms with E-state index in [0.29, 0.717) is 12.6 Å². The maximum absolute atomic E-state index is 5.04. The Morgan fingerprint density at radius 1 is 1.56 bits per heavy atom. The van der Waals surface area contributed by atoms with Crippen LogP contribution in [0.2, 0.25) is 0 Å². The van der Waals surface area contributed by atoms with E-state index in [4.69, 9.17) is 4.52 Å².